The second kappa shape index (κ2) is 6.88. The lowest BCUT2D eigenvalue weighted by Crippen LogP contribution is -2.26. The molecule has 0 bridgehead atoms. The summed E-state index contributed by atoms with van der Waals surface area (Å²) in [5.41, 5.74) is 0.516. The normalized spacial score (nSPS) is 12.8. The summed E-state index contributed by atoms with van der Waals surface area (Å²) in [4.78, 5) is 0.353. The number of hydrogen-bond donors (Lipinski definition) is 2. The SMILES string of the molecule is Cc1csc(CO)c1S(=O)(=O)NCCCCC(F)(F)F. The summed E-state index contributed by atoms with van der Waals surface area (Å²) in [6, 6.07) is 0. The summed E-state index contributed by atoms with van der Waals surface area (Å²) in [5, 5.41) is 10.7. The van der Waals surface area contributed by atoms with Crippen LogP contribution in [0.1, 0.15) is 29.7 Å². The second-order valence-corrected chi connectivity index (χ2v) is 6.97. The topological polar surface area (TPSA) is 66.4 Å². The molecule has 1 aromatic rings. The van der Waals surface area contributed by atoms with Gasteiger partial charge in [0, 0.05) is 13.0 Å². The third-order valence-electron chi connectivity index (χ3n) is 2.58. The molecule has 0 radical (unpaired) electrons. The molecule has 0 aliphatic carbocycles. The first-order chi connectivity index (χ1) is 9.17. The van der Waals surface area contributed by atoms with E-state index in [1.807, 2.05) is 0 Å². The Kier molecular flexibility index (Phi) is 5.99. The molecule has 1 aromatic heterocycles. The summed E-state index contributed by atoms with van der Waals surface area (Å²) in [7, 11) is -3.79. The van der Waals surface area contributed by atoms with Crippen molar-refractivity contribution in [2.75, 3.05) is 6.54 Å². The van der Waals surface area contributed by atoms with Gasteiger partial charge in [-0.3, -0.25) is 0 Å². The third kappa shape index (κ3) is 5.04. The second-order valence-electron chi connectivity index (χ2n) is 4.30. The fourth-order valence-electron chi connectivity index (χ4n) is 1.69. The van der Waals surface area contributed by atoms with Gasteiger partial charge < -0.3 is 5.11 Å². The van der Waals surface area contributed by atoms with Crippen molar-refractivity contribution in [3.05, 3.63) is 15.8 Å². The van der Waals surface area contributed by atoms with Gasteiger partial charge in [0.05, 0.1) is 11.5 Å². The zero-order chi connectivity index (χ0) is 15.4. The molecule has 1 rings (SSSR count). The van der Waals surface area contributed by atoms with Crippen molar-refractivity contribution in [3.8, 4) is 0 Å². The Balaban J connectivity index is 2.56. The smallest absolute Gasteiger partial charge is 0.389 e. The molecule has 0 aromatic carbocycles. The summed E-state index contributed by atoms with van der Waals surface area (Å²) in [6.45, 7) is 1.16. The Morgan fingerprint density at radius 3 is 2.55 bits per heavy atom. The first-order valence-electron chi connectivity index (χ1n) is 5.91. The van der Waals surface area contributed by atoms with E-state index in [0.717, 1.165) is 11.3 Å². The van der Waals surface area contributed by atoms with E-state index in [2.05, 4.69) is 4.72 Å². The van der Waals surface area contributed by atoms with Crippen LogP contribution in [0.3, 0.4) is 0 Å². The maximum absolute atomic E-state index is 12.0. The summed E-state index contributed by atoms with van der Waals surface area (Å²) in [5.74, 6) is 0. The molecule has 20 heavy (non-hydrogen) atoms. The quantitative estimate of drug-likeness (QED) is 0.755. The number of thiophene rings is 1. The van der Waals surface area contributed by atoms with E-state index in [4.69, 9.17) is 5.11 Å². The Bertz CT molecular complexity index is 538. The number of aryl methyl sites for hydroxylation is 1. The van der Waals surface area contributed by atoms with Crippen molar-refractivity contribution >= 4 is 21.4 Å². The third-order valence-corrected chi connectivity index (χ3v) is 5.49. The predicted octanol–water partition coefficient (Wildman–Crippen LogP) is 2.56. The van der Waals surface area contributed by atoms with E-state index in [-0.39, 0.29) is 30.9 Å². The molecule has 9 heteroatoms. The van der Waals surface area contributed by atoms with Crippen molar-refractivity contribution < 1.29 is 26.7 Å². The van der Waals surface area contributed by atoms with Gasteiger partial charge in [0.25, 0.3) is 0 Å². The molecule has 0 atom stereocenters. The van der Waals surface area contributed by atoms with E-state index in [1.165, 1.54) is 0 Å². The molecule has 0 aliphatic rings. The van der Waals surface area contributed by atoms with Crippen LogP contribution in [0.15, 0.2) is 10.3 Å². The minimum Gasteiger partial charge on any atom is -0.391 e. The first kappa shape index (κ1) is 17.4. The summed E-state index contributed by atoms with van der Waals surface area (Å²) < 4.78 is 62.1. The first-order valence-corrected chi connectivity index (χ1v) is 8.28. The monoisotopic (exact) mass is 331 g/mol. The van der Waals surface area contributed by atoms with Crippen LogP contribution in [0.4, 0.5) is 13.2 Å². The Morgan fingerprint density at radius 2 is 2.00 bits per heavy atom. The lowest BCUT2D eigenvalue weighted by atomic mass is 10.2. The molecular weight excluding hydrogens is 315 g/mol. The molecular formula is C11H16F3NO3S2. The van der Waals surface area contributed by atoms with E-state index < -0.39 is 22.6 Å². The highest BCUT2D eigenvalue weighted by molar-refractivity contribution is 7.89. The molecule has 0 aliphatic heterocycles. The molecule has 0 saturated heterocycles. The number of aliphatic hydroxyl groups excluding tert-OH is 1. The van der Waals surface area contributed by atoms with Crippen molar-refractivity contribution in [1.82, 2.24) is 4.72 Å². The van der Waals surface area contributed by atoms with Gasteiger partial charge in [-0.25, -0.2) is 13.1 Å². The number of hydrogen-bond acceptors (Lipinski definition) is 4. The Labute approximate surface area is 119 Å². The largest absolute Gasteiger partial charge is 0.391 e. The van der Waals surface area contributed by atoms with E-state index >= 15 is 0 Å². The molecule has 2 N–H and O–H groups in total. The minimum atomic E-state index is -4.22. The molecule has 0 spiro atoms. The van der Waals surface area contributed by atoms with Crippen LogP contribution in [0.5, 0.6) is 0 Å². The number of halogens is 3. The van der Waals surface area contributed by atoms with Gasteiger partial charge in [-0.15, -0.1) is 11.3 Å². The van der Waals surface area contributed by atoms with Crippen LogP contribution in [-0.2, 0) is 16.6 Å². The highest BCUT2D eigenvalue weighted by atomic mass is 32.2. The van der Waals surface area contributed by atoms with Crippen molar-refractivity contribution in [1.29, 1.82) is 0 Å². The Hall–Kier alpha value is -0.640. The highest BCUT2D eigenvalue weighted by Gasteiger charge is 2.26. The van der Waals surface area contributed by atoms with Gasteiger partial charge in [-0.05, 0) is 30.7 Å². The van der Waals surface area contributed by atoms with Crippen molar-refractivity contribution in [2.24, 2.45) is 0 Å². The fourth-order valence-corrected chi connectivity index (χ4v) is 4.42. The van der Waals surface area contributed by atoms with Gasteiger partial charge in [-0.1, -0.05) is 0 Å². The van der Waals surface area contributed by atoms with Crippen LogP contribution < -0.4 is 4.72 Å². The minimum absolute atomic E-state index is 0.0285. The van der Waals surface area contributed by atoms with Crippen molar-refractivity contribution in [2.45, 2.75) is 43.9 Å². The zero-order valence-corrected chi connectivity index (χ0v) is 12.5. The molecule has 0 amide bonds. The predicted molar refractivity (Wildman–Crippen MR) is 70.1 cm³/mol. The van der Waals surface area contributed by atoms with Gasteiger partial charge in [0.15, 0.2) is 0 Å². The number of nitrogens with one attached hydrogen (secondary N) is 1. The zero-order valence-electron chi connectivity index (χ0n) is 10.8. The van der Waals surface area contributed by atoms with Crippen LogP contribution in [0, 0.1) is 6.92 Å². The molecule has 116 valence electrons. The van der Waals surface area contributed by atoms with Gasteiger partial charge in [0.2, 0.25) is 10.0 Å². The summed E-state index contributed by atoms with van der Waals surface area (Å²) >= 11 is 1.13. The summed E-state index contributed by atoms with van der Waals surface area (Å²) in [6.07, 6.45) is -5.15. The standard InChI is InChI=1S/C11H16F3NO3S2/c1-8-7-19-9(6-16)10(8)20(17,18)15-5-3-2-4-11(12,13)14/h7,15-16H,2-6H2,1H3. The maximum Gasteiger partial charge on any atom is 0.389 e. The molecule has 4 nitrogen and oxygen atoms in total. The number of aliphatic hydroxyl groups is 1. The van der Waals surface area contributed by atoms with E-state index in [9.17, 15) is 21.6 Å². The number of unbranched alkanes of at least 4 members (excludes halogenated alkanes) is 1. The number of rotatable bonds is 7. The van der Waals surface area contributed by atoms with Crippen LogP contribution in [-0.4, -0.2) is 26.2 Å². The Morgan fingerprint density at radius 1 is 1.35 bits per heavy atom. The van der Waals surface area contributed by atoms with Crippen molar-refractivity contribution in [3.63, 3.8) is 0 Å². The molecule has 0 unspecified atom stereocenters. The van der Waals surface area contributed by atoms with Crippen LogP contribution in [0.25, 0.3) is 0 Å². The average Bonchev–Trinajstić information content (AvgIpc) is 2.69. The lowest BCUT2D eigenvalue weighted by Gasteiger charge is -2.09. The van der Waals surface area contributed by atoms with Gasteiger partial charge in [-0.2, -0.15) is 13.2 Å². The van der Waals surface area contributed by atoms with E-state index in [0.29, 0.717) is 10.4 Å². The van der Waals surface area contributed by atoms with Crippen LogP contribution >= 0.6 is 11.3 Å². The van der Waals surface area contributed by atoms with Gasteiger partial charge >= 0.3 is 6.18 Å². The number of sulfonamides is 1. The van der Waals surface area contributed by atoms with Crippen LogP contribution in [0.2, 0.25) is 0 Å². The van der Waals surface area contributed by atoms with E-state index in [1.54, 1.807) is 12.3 Å². The maximum atomic E-state index is 12.0. The molecule has 1 heterocycles. The molecule has 0 saturated carbocycles. The van der Waals surface area contributed by atoms with Gasteiger partial charge in [0.1, 0.15) is 4.90 Å². The molecule has 0 fully saturated rings. The number of alkyl halides is 3. The average molecular weight is 331 g/mol. The highest BCUT2D eigenvalue weighted by Crippen LogP contribution is 2.27. The fraction of sp³-hybridized carbons (Fsp3) is 0.636. The lowest BCUT2D eigenvalue weighted by molar-refractivity contribution is -0.135.